The molecule has 0 saturated carbocycles. The molecule has 12 nitrogen and oxygen atoms in total. The summed E-state index contributed by atoms with van der Waals surface area (Å²) in [6.45, 7) is 0.463. The van der Waals surface area contributed by atoms with Crippen molar-refractivity contribution in [1.82, 2.24) is 16.0 Å². The van der Waals surface area contributed by atoms with Gasteiger partial charge < -0.3 is 38.3 Å². The average molecular weight is 555 g/mol. The highest BCUT2D eigenvalue weighted by atomic mass is 16.4. The third-order valence-electron chi connectivity index (χ3n) is 6.16. The van der Waals surface area contributed by atoms with Crippen LogP contribution in [0.1, 0.15) is 36.8 Å². The molecule has 0 aromatic heterocycles. The number of aliphatic carboxylic acids is 1. The van der Waals surface area contributed by atoms with Crippen molar-refractivity contribution in [2.75, 3.05) is 6.54 Å². The Morgan fingerprint density at radius 2 is 1.18 bits per heavy atom. The number of carbonyl (C=O) groups excluding carboxylic acids is 4. The van der Waals surface area contributed by atoms with Gasteiger partial charge in [0.25, 0.3) is 0 Å². The van der Waals surface area contributed by atoms with Crippen LogP contribution in [-0.2, 0) is 36.8 Å². The molecule has 4 amide bonds. The summed E-state index contributed by atoms with van der Waals surface area (Å²) in [5.41, 5.74) is 18.2. The van der Waals surface area contributed by atoms with Gasteiger partial charge in [0, 0.05) is 12.8 Å². The number of benzene rings is 2. The first kappa shape index (κ1) is 31.9. The lowest BCUT2D eigenvalue weighted by atomic mass is 10.0. The summed E-state index contributed by atoms with van der Waals surface area (Å²) >= 11 is 0. The molecule has 0 fully saturated rings. The normalized spacial score (nSPS) is 13.8. The number of amides is 4. The topological polar surface area (TPSA) is 220 Å². The molecule has 40 heavy (non-hydrogen) atoms. The monoisotopic (exact) mass is 554 g/mol. The lowest BCUT2D eigenvalue weighted by Gasteiger charge is -2.25. The molecule has 0 unspecified atom stereocenters. The SMILES string of the molecule is NCCCC[C@@H](N)C(=O)N[C@H](Cc1ccccc1)C(=O)N[C@H](CC(N)=O)C(=O)N[C@H](Cc1ccccc1)C(=O)O. The van der Waals surface area contributed by atoms with Crippen molar-refractivity contribution in [3.05, 3.63) is 71.8 Å². The van der Waals surface area contributed by atoms with E-state index in [1.807, 2.05) is 0 Å². The van der Waals surface area contributed by atoms with Crippen LogP contribution in [0.25, 0.3) is 0 Å². The Morgan fingerprint density at radius 1 is 0.700 bits per heavy atom. The molecule has 0 bridgehead atoms. The van der Waals surface area contributed by atoms with Gasteiger partial charge in [-0.25, -0.2) is 4.79 Å². The van der Waals surface area contributed by atoms with Gasteiger partial charge in [0.1, 0.15) is 18.1 Å². The van der Waals surface area contributed by atoms with E-state index in [2.05, 4.69) is 16.0 Å². The van der Waals surface area contributed by atoms with Crippen LogP contribution in [0.3, 0.4) is 0 Å². The number of rotatable bonds is 17. The second-order valence-corrected chi connectivity index (χ2v) is 9.46. The van der Waals surface area contributed by atoms with Crippen molar-refractivity contribution in [1.29, 1.82) is 0 Å². The third kappa shape index (κ3) is 11.2. The maximum atomic E-state index is 13.3. The number of primary amides is 1. The summed E-state index contributed by atoms with van der Waals surface area (Å²) < 4.78 is 0. The number of carboxylic acid groups (broad SMARTS) is 1. The fraction of sp³-hybridized carbons (Fsp3) is 0.393. The number of carbonyl (C=O) groups is 5. The molecular weight excluding hydrogens is 516 g/mol. The number of nitrogens with two attached hydrogens (primary N) is 3. The van der Waals surface area contributed by atoms with Crippen molar-refractivity contribution in [3.8, 4) is 0 Å². The van der Waals surface area contributed by atoms with E-state index in [4.69, 9.17) is 17.2 Å². The fourth-order valence-electron chi connectivity index (χ4n) is 3.98. The highest BCUT2D eigenvalue weighted by Gasteiger charge is 2.31. The van der Waals surface area contributed by atoms with Crippen LogP contribution in [0.15, 0.2) is 60.7 Å². The van der Waals surface area contributed by atoms with Gasteiger partial charge in [0.2, 0.25) is 23.6 Å². The molecule has 0 radical (unpaired) electrons. The van der Waals surface area contributed by atoms with Crippen LogP contribution in [0, 0.1) is 0 Å². The first-order valence-corrected chi connectivity index (χ1v) is 13.1. The first-order valence-electron chi connectivity index (χ1n) is 13.1. The maximum Gasteiger partial charge on any atom is 0.326 e. The van der Waals surface area contributed by atoms with Gasteiger partial charge in [-0.1, -0.05) is 67.1 Å². The van der Waals surface area contributed by atoms with Gasteiger partial charge in [0.05, 0.1) is 12.5 Å². The molecule has 12 heteroatoms. The summed E-state index contributed by atoms with van der Waals surface area (Å²) in [4.78, 5) is 62.7. The summed E-state index contributed by atoms with van der Waals surface area (Å²) in [5, 5.41) is 17.1. The standard InChI is InChI=1S/C28H38N6O6/c29-14-8-7-13-20(30)25(36)32-21(15-18-9-3-1-4-10-18)26(37)33-22(17-24(31)35)27(38)34-23(28(39)40)16-19-11-5-2-6-12-19/h1-6,9-12,20-23H,7-8,13-17,29-30H2,(H2,31,35)(H,32,36)(H,33,37)(H,34,38)(H,39,40)/t20-,21-,22-,23-/m1/s1. The van der Waals surface area contributed by atoms with Crippen molar-refractivity contribution < 1.29 is 29.1 Å². The van der Waals surface area contributed by atoms with Crippen molar-refractivity contribution >= 4 is 29.6 Å². The smallest absolute Gasteiger partial charge is 0.326 e. The van der Waals surface area contributed by atoms with Crippen LogP contribution in [0.2, 0.25) is 0 Å². The Labute approximate surface area is 233 Å². The van der Waals surface area contributed by atoms with E-state index in [9.17, 15) is 29.1 Å². The van der Waals surface area contributed by atoms with Gasteiger partial charge in [-0.05, 0) is 30.5 Å². The Kier molecular flexibility index (Phi) is 13.3. The Balaban J connectivity index is 2.19. The lowest BCUT2D eigenvalue weighted by molar-refractivity contribution is -0.142. The molecule has 0 heterocycles. The largest absolute Gasteiger partial charge is 0.480 e. The number of carboxylic acids is 1. The lowest BCUT2D eigenvalue weighted by Crippen LogP contribution is -2.58. The van der Waals surface area contributed by atoms with Crippen LogP contribution in [0.4, 0.5) is 0 Å². The van der Waals surface area contributed by atoms with E-state index >= 15 is 0 Å². The highest BCUT2D eigenvalue weighted by Crippen LogP contribution is 2.08. The Hall–Kier alpha value is -4.29. The predicted molar refractivity (Wildman–Crippen MR) is 148 cm³/mol. The molecular formula is C28H38N6O6. The quantitative estimate of drug-likeness (QED) is 0.124. The molecule has 0 spiro atoms. The van der Waals surface area contributed by atoms with E-state index < -0.39 is 60.2 Å². The second-order valence-electron chi connectivity index (χ2n) is 9.46. The molecule has 10 N–H and O–H groups in total. The zero-order chi connectivity index (χ0) is 29.5. The Bertz CT molecular complexity index is 1130. The summed E-state index contributed by atoms with van der Waals surface area (Å²) in [6.07, 6.45) is 1.17. The Morgan fingerprint density at radius 3 is 1.68 bits per heavy atom. The van der Waals surface area contributed by atoms with E-state index in [0.29, 0.717) is 31.4 Å². The third-order valence-corrected chi connectivity index (χ3v) is 6.16. The maximum absolute atomic E-state index is 13.3. The predicted octanol–water partition coefficient (Wildman–Crippen LogP) is -0.657. The molecule has 2 aromatic rings. The van der Waals surface area contributed by atoms with E-state index in [-0.39, 0.29) is 12.8 Å². The number of hydrogen-bond donors (Lipinski definition) is 7. The van der Waals surface area contributed by atoms with Crippen LogP contribution in [-0.4, -0.2) is 65.4 Å². The minimum Gasteiger partial charge on any atom is -0.480 e. The minimum atomic E-state index is -1.48. The van der Waals surface area contributed by atoms with E-state index in [0.717, 1.165) is 5.56 Å². The molecule has 2 aromatic carbocycles. The van der Waals surface area contributed by atoms with E-state index in [1.165, 1.54) is 0 Å². The summed E-state index contributed by atoms with van der Waals surface area (Å²) in [7, 11) is 0. The summed E-state index contributed by atoms with van der Waals surface area (Å²) in [6, 6.07) is 12.7. The molecule has 4 atom stereocenters. The number of hydrogen-bond acceptors (Lipinski definition) is 7. The van der Waals surface area contributed by atoms with E-state index in [1.54, 1.807) is 60.7 Å². The van der Waals surface area contributed by atoms with Crippen LogP contribution < -0.4 is 33.2 Å². The highest BCUT2D eigenvalue weighted by molar-refractivity contribution is 5.96. The van der Waals surface area contributed by atoms with Crippen molar-refractivity contribution in [2.45, 2.75) is 62.7 Å². The van der Waals surface area contributed by atoms with Crippen LogP contribution >= 0.6 is 0 Å². The van der Waals surface area contributed by atoms with Crippen molar-refractivity contribution in [3.63, 3.8) is 0 Å². The summed E-state index contributed by atoms with van der Waals surface area (Å²) in [5.74, 6) is -4.40. The number of nitrogens with one attached hydrogen (secondary N) is 3. The molecule has 216 valence electrons. The first-order chi connectivity index (χ1) is 19.1. The molecule has 0 aliphatic heterocycles. The minimum absolute atomic E-state index is 0.0200. The van der Waals surface area contributed by atoms with Gasteiger partial charge in [-0.2, -0.15) is 0 Å². The van der Waals surface area contributed by atoms with Crippen LogP contribution in [0.5, 0.6) is 0 Å². The van der Waals surface area contributed by atoms with Gasteiger partial charge in [-0.15, -0.1) is 0 Å². The zero-order valence-electron chi connectivity index (χ0n) is 22.3. The fourth-order valence-corrected chi connectivity index (χ4v) is 3.98. The molecule has 0 saturated heterocycles. The molecule has 0 aliphatic carbocycles. The molecule has 0 aliphatic rings. The number of unbranched alkanes of at least 4 members (excludes halogenated alkanes) is 1. The zero-order valence-corrected chi connectivity index (χ0v) is 22.3. The van der Waals surface area contributed by atoms with Gasteiger partial charge in [0.15, 0.2) is 0 Å². The second kappa shape index (κ2) is 16.6. The van der Waals surface area contributed by atoms with Gasteiger partial charge >= 0.3 is 5.97 Å². The van der Waals surface area contributed by atoms with Gasteiger partial charge in [-0.3, -0.25) is 19.2 Å². The average Bonchev–Trinajstić information content (AvgIpc) is 2.92. The van der Waals surface area contributed by atoms with Crippen molar-refractivity contribution in [2.24, 2.45) is 17.2 Å². The molecule has 2 rings (SSSR count).